The maximum absolute atomic E-state index is 13.8. The van der Waals surface area contributed by atoms with Gasteiger partial charge in [-0.2, -0.15) is 0 Å². The molecule has 0 unspecified atom stereocenters. The van der Waals surface area contributed by atoms with E-state index in [1.165, 1.54) is 12.1 Å². The molecule has 0 N–H and O–H groups in total. The molecule has 0 aliphatic carbocycles. The summed E-state index contributed by atoms with van der Waals surface area (Å²) in [5.41, 5.74) is 0.709. The van der Waals surface area contributed by atoms with Crippen LogP contribution in [0.4, 0.5) is 14.5 Å². The van der Waals surface area contributed by atoms with Crippen LogP contribution in [0.2, 0.25) is 10.0 Å². The summed E-state index contributed by atoms with van der Waals surface area (Å²) in [7, 11) is 0. The standard InChI is InChI=1S/C21H16Cl2F2N2O2/c22-12-4-6-14(15(23)10-12)18-19(26-8-2-1-3-9-26)21(29)27(20(18)28)13-5-7-16(24)17(25)11-13/h4-7,10-11H,1-3,8-9H2. The zero-order valence-corrected chi connectivity index (χ0v) is 16.7. The molecule has 2 heterocycles. The number of piperidine rings is 1. The number of benzene rings is 2. The number of hydrogen-bond acceptors (Lipinski definition) is 3. The average Bonchev–Trinajstić information content (AvgIpc) is 2.95. The Labute approximate surface area is 176 Å². The van der Waals surface area contributed by atoms with Crippen LogP contribution in [-0.2, 0) is 9.59 Å². The maximum Gasteiger partial charge on any atom is 0.282 e. The van der Waals surface area contributed by atoms with Crippen LogP contribution in [0.25, 0.3) is 5.57 Å². The minimum atomic E-state index is -1.14. The fourth-order valence-corrected chi connectivity index (χ4v) is 4.23. The molecule has 0 saturated carbocycles. The number of carbonyl (C=O) groups excluding carboxylic acids is 2. The summed E-state index contributed by atoms with van der Waals surface area (Å²) in [6, 6.07) is 7.60. The van der Waals surface area contributed by atoms with E-state index in [4.69, 9.17) is 23.2 Å². The maximum atomic E-state index is 13.8. The van der Waals surface area contributed by atoms with Crippen molar-refractivity contribution in [1.82, 2.24) is 4.90 Å². The Kier molecular flexibility index (Phi) is 5.32. The summed E-state index contributed by atoms with van der Waals surface area (Å²) in [6.45, 7) is 1.24. The van der Waals surface area contributed by atoms with E-state index in [2.05, 4.69) is 0 Å². The lowest BCUT2D eigenvalue weighted by molar-refractivity contribution is -0.120. The van der Waals surface area contributed by atoms with Crippen molar-refractivity contribution in [3.63, 3.8) is 0 Å². The highest BCUT2D eigenvalue weighted by Crippen LogP contribution is 2.39. The van der Waals surface area contributed by atoms with Crippen molar-refractivity contribution in [3.8, 4) is 0 Å². The van der Waals surface area contributed by atoms with Gasteiger partial charge in [0.25, 0.3) is 11.8 Å². The molecule has 8 heteroatoms. The average molecular weight is 437 g/mol. The third-order valence-electron chi connectivity index (χ3n) is 5.09. The Hall–Kier alpha value is -2.44. The SMILES string of the molecule is O=C1C(c2ccc(Cl)cc2Cl)=C(N2CCCCC2)C(=O)N1c1ccc(F)c(F)c1. The van der Waals surface area contributed by atoms with Crippen molar-refractivity contribution in [1.29, 1.82) is 0 Å². The third-order valence-corrected chi connectivity index (χ3v) is 5.64. The van der Waals surface area contributed by atoms with Gasteiger partial charge in [-0.05, 0) is 43.5 Å². The predicted molar refractivity (Wildman–Crippen MR) is 108 cm³/mol. The first-order chi connectivity index (χ1) is 13.9. The van der Waals surface area contributed by atoms with E-state index in [1.54, 1.807) is 12.1 Å². The first kappa shape index (κ1) is 19.9. The second-order valence-electron chi connectivity index (χ2n) is 6.94. The van der Waals surface area contributed by atoms with Crippen LogP contribution in [0.3, 0.4) is 0 Å². The van der Waals surface area contributed by atoms with E-state index in [9.17, 15) is 18.4 Å². The van der Waals surface area contributed by atoms with Crippen molar-refractivity contribution in [2.45, 2.75) is 19.3 Å². The van der Waals surface area contributed by atoms with Gasteiger partial charge in [-0.3, -0.25) is 9.59 Å². The van der Waals surface area contributed by atoms with E-state index in [1.807, 2.05) is 4.90 Å². The first-order valence-electron chi connectivity index (χ1n) is 9.17. The Bertz CT molecular complexity index is 1050. The molecular formula is C21H16Cl2F2N2O2. The van der Waals surface area contributed by atoms with Gasteiger partial charge in [-0.15, -0.1) is 0 Å². The molecule has 2 aliphatic heterocycles. The predicted octanol–water partition coefficient (Wildman–Crippen LogP) is 5.04. The molecule has 2 aromatic rings. The number of hydrogen-bond donors (Lipinski definition) is 0. The van der Waals surface area contributed by atoms with Crippen LogP contribution in [0.1, 0.15) is 24.8 Å². The van der Waals surface area contributed by atoms with E-state index >= 15 is 0 Å². The summed E-state index contributed by atoms with van der Waals surface area (Å²) in [5, 5.41) is 0.628. The molecule has 1 fully saturated rings. The first-order valence-corrected chi connectivity index (χ1v) is 9.92. The Morgan fingerprint density at radius 3 is 2.21 bits per heavy atom. The minimum absolute atomic E-state index is 0.0338. The lowest BCUT2D eigenvalue weighted by Crippen LogP contribution is -2.37. The summed E-state index contributed by atoms with van der Waals surface area (Å²) in [5.74, 6) is -3.41. The molecule has 29 heavy (non-hydrogen) atoms. The second kappa shape index (κ2) is 7.76. The molecule has 2 amide bonds. The topological polar surface area (TPSA) is 40.6 Å². The molecule has 0 atom stereocenters. The van der Waals surface area contributed by atoms with Gasteiger partial charge in [0.05, 0.1) is 16.3 Å². The minimum Gasteiger partial charge on any atom is -0.366 e. The molecule has 0 spiro atoms. The smallest absolute Gasteiger partial charge is 0.282 e. The molecule has 150 valence electrons. The van der Waals surface area contributed by atoms with Crippen LogP contribution in [0, 0.1) is 11.6 Å². The molecular weight excluding hydrogens is 421 g/mol. The summed E-state index contributed by atoms with van der Waals surface area (Å²) in [4.78, 5) is 29.3. The monoisotopic (exact) mass is 436 g/mol. The van der Waals surface area contributed by atoms with Crippen molar-refractivity contribution < 1.29 is 18.4 Å². The van der Waals surface area contributed by atoms with Crippen LogP contribution in [-0.4, -0.2) is 29.8 Å². The zero-order chi connectivity index (χ0) is 20.7. The quantitative estimate of drug-likeness (QED) is 0.632. The molecule has 4 rings (SSSR count). The van der Waals surface area contributed by atoms with Gasteiger partial charge in [0.15, 0.2) is 11.6 Å². The molecule has 0 radical (unpaired) electrons. The number of likely N-dealkylation sites (tertiary alicyclic amines) is 1. The molecule has 4 nitrogen and oxygen atoms in total. The Morgan fingerprint density at radius 2 is 1.55 bits per heavy atom. The number of imide groups is 1. The zero-order valence-electron chi connectivity index (χ0n) is 15.2. The number of amides is 2. The lowest BCUT2D eigenvalue weighted by Gasteiger charge is -2.29. The Morgan fingerprint density at radius 1 is 0.828 bits per heavy atom. The molecule has 0 bridgehead atoms. The summed E-state index contributed by atoms with van der Waals surface area (Å²) in [6.07, 6.45) is 2.81. The van der Waals surface area contributed by atoms with Crippen molar-refractivity contribution in [2.75, 3.05) is 18.0 Å². The van der Waals surface area contributed by atoms with E-state index in [0.29, 0.717) is 23.7 Å². The lowest BCUT2D eigenvalue weighted by atomic mass is 10.0. The van der Waals surface area contributed by atoms with Gasteiger partial charge in [-0.25, -0.2) is 13.7 Å². The fourth-order valence-electron chi connectivity index (χ4n) is 3.72. The van der Waals surface area contributed by atoms with Gasteiger partial charge in [0.1, 0.15) is 5.70 Å². The largest absolute Gasteiger partial charge is 0.366 e. The van der Waals surface area contributed by atoms with Crippen molar-refractivity contribution in [2.24, 2.45) is 0 Å². The van der Waals surface area contributed by atoms with Crippen molar-refractivity contribution in [3.05, 3.63) is 69.3 Å². The van der Waals surface area contributed by atoms with Crippen LogP contribution >= 0.6 is 23.2 Å². The van der Waals surface area contributed by atoms with Gasteiger partial charge >= 0.3 is 0 Å². The van der Waals surface area contributed by atoms with Crippen LogP contribution < -0.4 is 4.90 Å². The van der Waals surface area contributed by atoms with Gasteiger partial charge in [-0.1, -0.05) is 29.3 Å². The summed E-state index contributed by atoms with van der Waals surface area (Å²) >= 11 is 12.3. The van der Waals surface area contributed by atoms with Crippen molar-refractivity contribution >= 4 is 46.3 Å². The molecule has 2 aromatic carbocycles. The number of rotatable bonds is 3. The molecule has 2 aliphatic rings. The molecule has 0 aromatic heterocycles. The van der Waals surface area contributed by atoms with Gasteiger partial charge in [0, 0.05) is 29.7 Å². The van der Waals surface area contributed by atoms with E-state index < -0.39 is 23.4 Å². The van der Waals surface area contributed by atoms with Crippen LogP contribution in [0.5, 0.6) is 0 Å². The highest BCUT2D eigenvalue weighted by Gasteiger charge is 2.43. The number of nitrogens with zero attached hydrogens (tertiary/aromatic N) is 2. The Balaban J connectivity index is 1.86. The fraction of sp³-hybridized carbons (Fsp3) is 0.238. The number of halogens is 4. The molecule has 1 saturated heterocycles. The normalized spacial score (nSPS) is 17.5. The highest BCUT2D eigenvalue weighted by atomic mass is 35.5. The number of carbonyl (C=O) groups is 2. The summed E-state index contributed by atoms with van der Waals surface area (Å²) < 4.78 is 27.2. The van der Waals surface area contributed by atoms with Crippen LogP contribution in [0.15, 0.2) is 42.1 Å². The van der Waals surface area contributed by atoms with E-state index in [0.717, 1.165) is 36.3 Å². The highest BCUT2D eigenvalue weighted by molar-refractivity contribution is 6.47. The second-order valence-corrected chi connectivity index (χ2v) is 7.78. The van der Waals surface area contributed by atoms with Gasteiger partial charge in [0.2, 0.25) is 0 Å². The van der Waals surface area contributed by atoms with Gasteiger partial charge < -0.3 is 4.90 Å². The van der Waals surface area contributed by atoms with E-state index in [-0.39, 0.29) is 22.0 Å². The number of anilines is 1. The third kappa shape index (κ3) is 3.51.